The molecule has 0 fully saturated rings. The van der Waals surface area contributed by atoms with E-state index in [4.69, 9.17) is 5.73 Å². The van der Waals surface area contributed by atoms with E-state index in [0.29, 0.717) is 11.8 Å². The summed E-state index contributed by atoms with van der Waals surface area (Å²) in [6.45, 7) is 2.85. The summed E-state index contributed by atoms with van der Waals surface area (Å²) in [7, 11) is 0. The van der Waals surface area contributed by atoms with E-state index in [1.807, 2.05) is 23.1 Å². The molecule has 0 bridgehead atoms. The van der Waals surface area contributed by atoms with Gasteiger partial charge in [-0.15, -0.1) is 34.4 Å². The zero-order valence-electron chi connectivity index (χ0n) is 8.47. The Morgan fingerprint density at radius 2 is 2.20 bits per heavy atom. The zero-order chi connectivity index (χ0) is 10.7. The van der Waals surface area contributed by atoms with Gasteiger partial charge in [-0.1, -0.05) is 6.07 Å². The molecule has 2 heterocycles. The Kier molecular flexibility index (Phi) is 3.86. The second-order valence-electron chi connectivity index (χ2n) is 3.24. The van der Waals surface area contributed by atoms with Crippen LogP contribution in [0.5, 0.6) is 0 Å². The van der Waals surface area contributed by atoms with E-state index in [0.717, 1.165) is 0 Å². The van der Waals surface area contributed by atoms with Gasteiger partial charge in [0.25, 0.3) is 0 Å². The van der Waals surface area contributed by atoms with Crippen LogP contribution in [0.15, 0.2) is 33.2 Å². The van der Waals surface area contributed by atoms with Crippen LogP contribution in [-0.2, 0) is 0 Å². The van der Waals surface area contributed by atoms with E-state index in [9.17, 15) is 0 Å². The highest BCUT2D eigenvalue weighted by molar-refractivity contribution is 8.01. The van der Waals surface area contributed by atoms with Crippen molar-refractivity contribution in [3.63, 3.8) is 0 Å². The fourth-order valence-corrected chi connectivity index (χ4v) is 4.64. The van der Waals surface area contributed by atoms with Crippen LogP contribution in [0.4, 0.5) is 0 Å². The first-order chi connectivity index (χ1) is 7.31. The lowest BCUT2D eigenvalue weighted by Gasteiger charge is -2.12. The van der Waals surface area contributed by atoms with Gasteiger partial charge in [0.05, 0.1) is 9.46 Å². The second kappa shape index (κ2) is 5.16. The van der Waals surface area contributed by atoms with Gasteiger partial charge in [-0.2, -0.15) is 0 Å². The lowest BCUT2D eigenvalue weighted by molar-refractivity contribution is 0.954. The van der Waals surface area contributed by atoms with Crippen LogP contribution in [-0.4, -0.2) is 6.54 Å². The lowest BCUT2D eigenvalue weighted by atomic mass is 10.2. The van der Waals surface area contributed by atoms with E-state index in [1.165, 1.54) is 14.6 Å². The van der Waals surface area contributed by atoms with Crippen molar-refractivity contribution in [2.45, 2.75) is 16.4 Å². The molecule has 0 radical (unpaired) electrons. The summed E-state index contributed by atoms with van der Waals surface area (Å²) in [5.74, 6) is 0. The van der Waals surface area contributed by atoms with Crippen LogP contribution in [0, 0.1) is 6.92 Å². The maximum atomic E-state index is 5.84. The van der Waals surface area contributed by atoms with E-state index < -0.39 is 0 Å². The SMILES string of the molecule is Cc1ccsc1C(CN)Sc1cccs1. The molecule has 0 spiro atoms. The van der Waals surface area contributed by atoms with Gasteiger partial charge >= 0.3 is 0 Å². The van der Waals surface area contributed by atoms with E-state index in [-0.39, 0.29) is 0 Å². The molecule has 2 rings (SSSR count). The van der Waals surface area contributed by atoms with Gasteiger partial charge in [0, 0.05) is 11.4 Å². The molecule has 1 nitrogen and oxygen atoms in total. The molecule has 0 saturated heterocycles. The number of thioether (sulfide) groups is 1. The molecule has 4 heteroatoms. The standard InChI is InChI=1S/C11H13NS3/c1-8-4-6-14-11(8)9(7-12)15-10-3-2-5-13-10/h2-6,9H,7,12H2,1H3. The first-order valence-corrected chi connectivity index (χ1v) is 7.39. The highest BCUT2D eigenvalue weighted by atomic mass is 32.2. The predicted octanol–water partition coefficient (Wildman–Crippen LogP) is 3.91. The maximum Gasteiger partial charge on any atom is 0.0605 e. The minimum absolute atomic E-state index is 0.406. The van der Waals surface area contributed by atoms with Gasteiger partial charge in [-0.05, 0) is 35.4 Å². The maximum absolute atomic E-state index is 5.84. The fourth-order valence-electron chi connectivity index (χ4n) is 1.39. The molecular weight excluding hydrogens is 242 g/mol. The minimum atomic E-state index is 0.406. The number of hydrogen-bond donors (Lipinski definition) is 1. The molecule has 0 amide bonds. The first-order valence-electron chi connectivity index (χ1n) is 4.75. The largest absolute Gasteiger partial charge is 0.329 e. The fraction of sp³-hybridized carbons (Fsp3) is 0.273. The molecule has 1 atom stereocenters. The molecule has 15 heavy (non-hydrogen) atoms. The van der Waals surface area contributed by atoms with E-state index >= 15 is 0 Å². The molecule has 1 unspecified atom stereocenters. The highest BCUT2D eigenvalue weighted by Crippen LogP contribution is 2.40. The third-order valence-corrected chi connectivity index (χ3v) is 5.76. The van der Waals surface area contributed by atoms with Crippen molar-refractivity contribution in [1.29, 1.82) is 0 Å². The molecule has 0 aliphatic heterocycles. The summed E-state index contributed by atoms with van der Waals surface area (Å²) >= 11 is 5.46. The van der Waals surface area contributed by atoms with Crippen molar-refractivity contribution >= 4 is 34.4 Å². The molecule has 0 aliphatic rings. The molecule has 80 valence electrons. The summed E-state index contributed by atoms with van der Waals surface area (Å²) in [6.07, 6.45) is 0. The zero-order valence-corrected chi connectivity index (χ0v) is 10.9. The topological polar surface area (TPSA) is 26.0 Å². The average Bonchev–Trinajstić information content (AvgIpc) is 2.85. The number of thiophene rings is 2. The average molecular weight is 255 g/mol. The number of aryl methyl sites for hydroxylation is 1. The molecule has 2 N–H and O–H groups in total. The van der Waals surface area contributed by atoms with Crippen molar-refractivity contribution in [2.75, 3.05) is 6.54 Å². The molecular formula is C11H13NS3. The Morgan fingerprint density at radius 3 is 2.73 bits per heavy atom. The summed E-state index contributed by atoms with van der Waals surface area (Å²) < 4.78 is 1.35. The number of hydrogen-bond acceptors (Lipinski definition) is 4. The van der Waals surface area contributed by atoms with Crippen molar-refractivity contribution in [1.82, 2.24) is 0 Å². The van der Waals surface area contributed by atoms with Gasteiger partial charge in [-0.3, -0.25) is 0 Å². The predicted molar refractivity (Wildman–Crippen MR) is 71.0 cm³/mol. The van der Waals surface area contributed by atoms with Gasteiger partial charge < -0.3 is 5.73 Å². The smallest absolute Gasteiger partial charge is 0.0605 e. The Bertz CT molecular complexity index is 405. The number of rotatable bonds is 4. The second-order valence-corrected chi connectivity index (χ2v) is 6.64. The third-order valence-electron chi connectivity index (χ3n) is 2.16. The van der Waals surface area contributed by atoms with Crippen LogP contribution in [0.3, 0.4) is 0 Å². The van der Waals surface area contributed by atoms with Crippen LogP contribution < -0.4 is 5.73 Å². The van der Waals surface area contributed by atoms with Crippen molar-refractivity contribution in [2.24, 2.45) is 5.73 Å². The van der Waals surface area contributed by atoms with Crippen molar-refractivity contribution in [3.8, 4) is 0 Å². The summed E-state index contributed by atoms with van der Waals surface area (Å²) in [5.41, 5.74) is 7.20. The third kappa shape index (κ3) is 2.64. The lowest BCUT2D eigenvalue weighted by Crippen LogP contribution is -2.08. The molecule has 2 aromatic rings. The summed E-state index contributed by atoms with van der Waals surface area (Å²) in [4.78, 5) is 1.41. The van der Waals surface area contributed by atoms with Gasteiger partial charge in [0.1, 0.15) is 0 Å². The van der Waals surface area contributed by atoms with Crippen LogP contribution >= 0.6 is 34.4 Å². The number of nitrogens with two attached hydrogens (primary N) is 1. The Balaban J connectivity index is 2.15. The van der Waals surface area contributed by atoms with Crippen LogP contribution in [0.2, 0.25) is 0 Å². The van der Waals surface area contributed by atoms with E-state index in [1.54, 1.807) is 11.3 Å². The normalized spacial score (nSPS) is 12.9. The molecule has 0 aliphatic carbocycles. The van der Waals surface area contributed by atoms with Crippen molar-refractivity contribution in [3.05, 3.63) is 39.4 Å². The quantitative estimate of drug-likeness (QED) is 0.838. The Morgan fingerprint density at radius 1 is 1.33 bits per heavy atom. The minimum Gasteiger partial charge on any atom is -0.329 e. The van der Waals surface area contributed by atoms with Crippen molar-refractivity contribution < 1.29 is 0 Å². The Labute approximate surface area is 102 Å². The molecule has 2 aromatic heterocycles. The van der Waals surface area contributed by atoms with Gasteiger partial charge in [-0.25, -0.2) is 0 Å². The monoisotopic (exact) mass is 255 g/mol. The van der Waals surface area contributed by atoms with Gasteiger partial charge in [0.15, 0.2) is 0 Å². The summed E-state index contributed by atoms with van der Waals surface area (Å²) in [5, 5.41) is 4.66. The summed E-state index contributed by atoms with van der Waals surface area (Å²) in [6, 6.07) is 6.40. The van der Waals surface area contributed by atoms with E-state index in [2.05, 4.69) is 35.9 Å². The van der Waals surface area contributed by atoms with Crippen LogP contribution in [0.25, 0.3) is 0 Å². The van der Waals surface area contributed by atoms with Gasteiger partial charge in [0.2, 0.25) is 0 Å². The first kappa shape index (κ1) is 11.2. The molecule has 0 saturated carbocycles. The highest BCUT2D eigenvalue weighted by Gasteiger charge is 2.15. The Hall–Kier alpha value is -0.290. The van der Waals surface area contributed by atoms with Crippen LogP contribution in [0.1, 0.15) is 15.7 Å². The molecule has 0 aromatic carbocycles.